The summed E-state index contributed by atoms with van der Waals surface area (Å²) in [4.78, 5) is 11.6. The third-order valence-electron chi connectivity index (χ3n) is 3.34. The van der Waals surface area contributed by atoms with Gasteiger partial charge in [0.2, 0.25) is 0 Å². The van der Waals surface area contributed by atoms with E-state index in [1.54, 1.807) is 18.3 Å². The van der Waals surface area contributed by atoms with Gasteiger partial charge in [0, 0.05) is 18.7 Å². The predicted octanol–water partition coefficient (Wildman–Crippen LogP) is 0.261. The number of carbonyl (C=O) groups is 1. The molecule has 2 aromatic rings. The lowest BCUT2D eigenvalue weighted by Gasteiger charge is -2.35. The Kier molecular flexibility index (Phi) is 2.69. The van der Waals surface area contributed by atoms with Gasteiger partial charge >= 0.3 is 0 Å². The largest absolute Gasteiger partial charge is 0.381 e. The van der Waals surface area contributed by atoms with E-state index in [2.05, 4.69) is 15.6 Å². The molecule has 0 amide bonds. The highest BCUT2D eigenvalue weighted by molar-refractivity contribution is 5.97. The first-order valence-corrected chi connectivity index (χ1v) is 6.06. The summed E-state index contributed by atoms with van der Waals surface area (Å²) in [5.74, 6) is -0.0309. The Bertz CT molecular complexity index is 631. The summed E-state index contributed by atoms with van der Waals surface area (Å²) >= 11 is 0. The number of hydrogen-bond donors (Lipinski definition) is 2. The number of hydrogen-bond acceptors (Lipinski definition) is 5. The van der Waals surface area contributed by atoms with Crippen molar-refractivity contribution in [1.82, 2.24) is 20.3 Å². The normalized spacial score (nSPS) is 16.9. The Balaban J connectivity index is 2.01. The van der Waals surface area contributed by atoms with Crippen LogP contribution in [-0.4, -0.2) is 39.0 Å². The zero-order valence-electron chi connectivity index (χ0n) is 10.5. The number of nitrogens with zero attached hydrogens (tertiary/aromatic N) is 3. The first-order valence-electron chi connectivity index (χ1n) is 6.06. The number of aliphatic hydroxyl groups is 1. The topological polar surface area (TPSA) is 80.0 Å². The third kappa shape index (κ3) is 1.94. The summed E-state index contributed by atoms with van der Waals surface area (Å²) in [6, 6.07) is 7.20. The number of Topliss-reactive ketones (excluding diaryl/α,β-unsaturated/α-hetero) is 1. The maximum absolute atomic E-state index is 11.6. The van der Waals surface area contributed by atoms with Crippen LogP contribution in [0.25, 0.3) is 5.69 Å². The molecular formula is C13H14N4O2. The number of rotatable bonds is 3. The van der Waals surface area contributed by atoms with Crippen LogP contribution < -0.4 is 5.32 Å². The van der Waals surface area contributed by atoms with Crippen LogP contribution in [-0.2, 0) is 5.60 Å². The average Bonchev–Trinajstić information content (AvgIpc) is 2.85. The minimum atomic E-state index is -0.941. The zero-order valence-corrected chi connectivity index (χ0v) is 10.5. The van der Waals surface area contributed by atoms with Crippen LogP contribution in [0.1, 0.15) is 23.0 Å². The van der Waals surface area contributed by atoms with Crippen LogP contribution in [0.4, 0.5) is 0 Å². The summed E-state index contributed by atoms with van der Waals surface area (Å²) in [5.41, 5.74) is 0.829. The van der Waals surface area contributed by atoms with Crippen molar-refractivity contribution in [2.24, 2.45) is 0 Å². The number of aromatic nitrogens is 3. The van der Waals surface area contributed by atoms with Gasteiger partial charge in [-0.15, -0.1) is 5.10 Å². The molecule has 19 heavy (non-hydrogen) atoms. The van der Waals surface area contributed by atoms with E-state index in [1.807, 2.05) is 12.1 Å². The lowest BCUT2D eigenvalue weighted by Crippen LogP contribution is -2.57. The van der Waals surface area contributed by atoms with Gasteiger partial charge < -0.3 is 10.4 Å². The highest BCUT2D eigenvalue weighted by Crippen LogP contribution is 2.24. The van der Waals surface area contributed by atoms with Crippen molar-refractivity contribution in [1.29, 1.82) is 0 Å². The standard InChI is InChI=1S/C13H14N4O2/c1-9(18)10-4-2-3-5-11(10)17-6-12(15-16-17)13(19)7-14-8-13/h2-6,14,19H,7-8H2,1H3. The molecule has 2 N–H and O–H groups in total. The number of ketones is 1. The zero-order chi connectivity index (χ0) is 13.5. The Labute approximate surface area is 110 Å². The second kappa shape index (κ2) is 4.25. The van der Waals surface area contributed by atoms with Crippen LogP contribution in [0.3, 0.4) is 0 Å². The van der Waals surface area contributed by atoms with Crippen LogP contribution in [0, 0.1) is 0 Å². The molecule has 0 spiro atoms. The molecule has 1 aromatic carbocycles. The van der Waals surface area contributed by atoms with Crippen molar-refractivity contribution in [2.75, 3.05) is 13.1 Å². The first kappa shape index (κ1) is 12.0. The fraction of sp³-hybridized carbons (Fsp3) is 0.308. The minimum Gasteiger partial charge on any atom is -0.381 e. The van der Waals surface area contributed by atoms with E-state index in [-0.39, 0.29) is 5.78 Å². The highest BCUT2D eigenvalue weighted by atomic mass is 16.3. The average molecular weight is 258 g/mol. The van der Waals surface area contributed by atoms with Gasteiger partial charge in [-0.25, -0.2) is 4.68 Å². The molecule has 1 aromatic heterocycles. The van der Waals surface area contributed by atoms with Gasteiger partial charge in [0.05, 0.1) is 11.9 Å². The van der Waals surface area contributed by atoms with Crippen LogP contribution in [0.5, 0.6) is 0 Å². The van der Waals surface area contributed by atoms with Crippen molar-refractivity contribution >= 4 is 5.78 Å². The third-order valence-corrected chi connectivity index (χ3v) is 3.34. The number of nitrogens with one attached hydrogen (secondary N) is 1. The van der Waals surface area contributed by atoms with Crippen molar-refractivity contribution in [3.05, 3.63) is 41.7 Å². The minimum absolute atomic E-state index is 0.0309. The second-order valence-electron chi connectivity index (χ2n) is 4.76. The van der Waals surface area contributed by atoms with Gasteiger partial charge in [0.25, 0.3) is 0 Å². The fourth-order valence-electron chi connectivity index (χ4n) is 2.11. The number of carbonyl (C=O) groups excluding carboxylic acids is 1. The number of β-amino-alcohol motifs (C(OH)–C–C–N with tert-alkyl or cyclic N) is 1. The molecule has 6 nitrogen and oxygen atoms in total. The van der Waals surface area contributed by atoms with Crippen molar-refractivity contribution in [2.45, 2.75) is 12.5 Å². The summed E-state index contributed by atoms with van der Waals surface area (Å²) in [6.07, 6.45) is 1.67. The van der Waals surface area contributed by atoms with Gasteiger partial charge in [-0.05, 0) is 19.1 Å². The monoisotopic (exact) mass is 258 g/mol. The van der Waals surface area contributed by atoms with Crippen molar-refractivity contribution in [3.63, 3.8) is 0 Å². The fourth-order valence-corrected chi connectivity index (χ4v) is 2.11. The maximum atomic E-state index is 11.6. The van der Waals surface area contributed by atoms with Gasteiger partial charge in [-0.3, -0.25) is 4.79 Å². The van der Waals surface area contributed by atoms with E-state index in [0.29, 0.717) is 30.0 Å². The van der Waals surface area contributed by atoms with Crippen LogP contribution in [0.15, 0.2) is 30.5 Å². The summed E-state index contributed by atoms with van der Waals surface area (Å²) in [7, 11) is 0. The Morgan fingerprint density at radius 3 is 2.79 bits per heavy atom. The summed E-state index contributed by atoms with van der Waals surface area (Å²) in [5, 5.41) is 21.2. The molecule has 0 aliphatic carbocycles. The molecule has 0 radical (unpaired) electrons. The molecule has 98 valence electrons. The van der Waals surface area contributed by atoms with E-state index < -0.39 is 5.60 Å². The van der Waals surface area contributed by atoms with Crippen LogP contribution >= 0.6 is 0 Å². The van der Waals surface area contributed by atoms with Gasteiger partial charge in [0.15, 0.2) is 5.78 Å². The van der Waals surface area contributed by atoms with E-state index >= 15 is 0 Å². The molecule has 1 saturated heterocycles. The lowest BCUT2D eigenvalue weighted by atomic mass is 9.94. The highest BCUT2D eigenvalue weighted by Gasteiger charge is 2.39. The van der Waals surface area contributed by atoms with E-state index in [4.69, 9.17) is 0 Å². The molecule has 3 rings (SSSR count). The van der Waals surface area contributed by atoms with Gasteiger partial charge in [-0.2, -0.15) is 0 Å². The van der Waals surface area contributed by atoms with Gasteiger partial charge in [-0.1, -0.05) is 17.3 Å². The molecule has 1 fully saturated rings. The molecule has 6 heteroatoms. The lowest BCUT2D eigenvalue weighted by molar-refractivity contribution is -0.0186. The van der Waals surface area contributed by atoms with Crippen molar-refractivity contribution in [3.8, 4) is 5.69 Å². The quantitative estimate of drug-likeness (QED) is 0.772. The van der Waals surface area contributed by atoms with E-state index in [0.717, 1.165) is 0 Å². The second-order valence-corrected chi connectivity index (χ2v) is 4.76. The van der Waals surface area contributed by atoms with E-state index in [9.17, 15) is 9.90 Å². The first-order chi connectivity index (χ1) is 9.10. The molecule has 2 heterocycles. The number of benzene rings is 1. The Morgan fingerprint density at radius 1 is 1.42 bits per heavy atom. The molecular weight excluding hydrogens is 244 g/mol. The summed E-state index contributed by atoms with van der Waals surface area (Å²) in [6.45, 7) is 2.46. The summed E-state index contributed by atoms with van der Waals surface area (Å²) < 4.78 is 1.53. The molecule has 1 aliphatic heterocycles. The van der Waals surface area contributed by atoms with Crippen LogP contribution in [0.2, 0.25) is 0 Å². The smallest absolute Gasteiger partial charge is 0.161 e. The molecule has 0 unspecified atom stereocenters. The van der Waals surface area contributed by atoms with Gasteiger partial charge in [0.1, 0.15) is 11.3 Å². The Morgan fingerprint density at radius 2 is 2.16 bits per heavy atom. The van der Waals surface area contributed by atoms with Crippen molar-refractivity contribution < 1.29 is 9.90 Å². The van der Waals surface area contributed by atoms with E-state index in [1.165, 1.54) is 11.6 Å². The molecule has 0 atom stereocenters. The maximum Gasteiger partial charge on any atom is 0.161 e. The Hall–Kier alpha value is -2.05. The molecule has 0 saturated carbocycles. The molecule has 0 bridgehead atoms. The SMILES string of the molecule is CC(=O)c1ccccc1-n1cc(C2(O)CNC2)nn1. The number of para-hydroxylation sites is 1. The molecule has 1 aliphatic rings. The predicted molar refractivity (Wildman–Crippen MR) is 68.1 cm³/mol.